The lowest BCUT2D eigenvalue weighted by Gasteiger charge is -2.11. The molecule has 4 rings (SSSR count). The van der Waals surface area contributed by atoms with Gasteiger partial charge in [0.25, 0.3) is 0 Å². The molecule has 1 aliphatic rings. The van der Waals surface area contributed by atoms with Gasteiger partial charge in [0.05, 0.1) is 5.56 Å². The van der Waals surface area contributed by atoms with Gasteiger partial charge in [-0.25, -0.2) is 9.18 Å². The predicted octanol–water partition coefficient (Wildman–Crippen LogP) is 4.24. The average Bonchev–Trinajstić information content (AvgIpc) is 2.86. The largest absolute Gasteiger partial charge is 0.449 e. The third-order valence-corrected chi connectivity index (χ3v) is 3.85. The highest BCUT2D eigenvalue weighted by molar-refractivity contribution is 6.08. The number of ether oxygens (including phenoxy) is 1. The third kappa shape index (κ3) is 1.82. The second-order valence-electron chi connectivity index (χ2n) is 5.09. The van der Waals surface area contributed by atoms with Crippen LogP contribution in [0.1, 0.15) is 27.6 Å². The lowest BCUT2D eigenvalue weighted by atomic mass is 9.95. The smallest absolute Gasteiger partial charge is 0.340 e. The number of rotatable bonds is 1. The van der Waals surface area contributed by atoms with Crippen LogP contribution in [-0.4, -0.2) is 5.97 Å². The van der Waals surface area contributed by atoms with Crippen LogP contribution in [0.25, 0.3) is 10.8 Å². The zero-order chi connectivity index (χ0) is 14.4. The molecule has 1 unspecified atom stereocenters. The molecule has 0 aromatic heterocycles. The highest BCUT2D eigenvalue weighted by Crippen LogP contribution is 2.39. The summed E-state index contributed by atoms with van der Waals surface area (Å²) in [6.07, 6.45) is -0.460. The van der Waals surface area contributed by atoms with Crippen molar-refractivity contribution in [3.63, 3.8) is 0 Å². The number of carbonyl (C=O) groups excluding carboxylic acids is 1. The number of benzene rings is 3. The minimum Gasteiger partial charge on any atom is -0.449 e. The van der Waals surface area contributed by atoms with Crippen LogP contribution in [0.4, 0.5) is 4.39 Å². The fourth-order valence-corrected chi connectivity index (χ4v) is 2.85. The van der Waals surface area contributed by atoms with Crippen LogP contribution in [0.5, 0.6) is 0 Å². The minimum absolute atomic E-state index is 0.304. The van der Waals surface area contributed by atoms with Crippen molar-refractivity contribution < 1.29 is 13.9 Å². The average molecular weight is 278 g/mol. The number of hydrogen-bond donors (Lipinski definition) is 0. The first-order chi connectivity index (χ1) is 10.2. The summed E-state index contributed by atoms with van der Waals surface area (Å²) in [6, 6.07) is 17.7. The van der Waals surface area contributed by atoms with E-state index < -0.39 is 6.10 Å². The van der Waals surface area contributed by atoms with E-state index in [1.54, 1.807) is 12.1 Å². The summed E-state index contributed by atoms with van der Waals surface area (Å²) in [4.78, 5) is 12.2. The number of hydrogen-bond acceptors (Lipinski definition) is 2. The van der Waals surface area contributed by atoms with E-state index >= 15 is 0 Å². The molecule has 0 N–H and O–H groups in total. The van der Waals surface area contributed by atoms with Crippen molar-refractivity contribution in [1.29, 1.82) is 0 Å². The molecule has 0 fully saturated rings. The normalized spacial score (nSPS) is 16.8. The van der Waals surface area contributed by atoms with Gasteiger partial charge in [0.15, 0.2) is 6.10 Å². The lowest BCUT2D eigenvalue weighted by molar-refractivity contribution is 0.0457. The van der Waals surface area contributed by atoms with E-state index in [1.807, 2.05) is 36.4 Å². The van der Waals surface area contributed by atoms with Crippen LogP contribution in [0.15, 0.2) is 60.7 Å². The van der Waals surface area contributed by atoms with Gasteiger partial charge in [-0.05, 0) is 28.5 Å². The van der Waals surface area contributed by atoms with Crippen molar-refractivity contribution in [3.8, 4) is 0 Å². The molecule has 0 saturated carbocycles. The molecule has 0 bridgehead atoms. The Morgan fingerprint density at radius 2 is 1.67 bits per heavy atom. The van der Waals surface area contributed by atoms with Crippen LogP contribution in [0.3, 0.4) is 0 Å². The molecule has 1 aliphatic heterocycles. The summed E-state index contributed by atoms with van der Waals surface area (Å²) in [7, 11) is 0. The number of halogens is 1. The van der Waals surface area contributed by atoms with Gasteiger partial charge in [-0.15, -0.1) is 0 Å². The lowest BCUT2D eigenvalue weighted by Crippen LogP contribution is -2.00. The fourth-order valence-electron chi connectivity index (χ4n) is 2.85. The van der Waals surface area contributed by atoms with Gasteiger partial charge in [0.1, 0.15) is 5.82 Å². The minimum atomic E-state index is -0.460. The second kappa shape index (κ2) is 4.42. The Bertz CT molecular complexity index is 853. The predicted molar refractivity (Wildman–Crippen MR) is 77.6 cm³/mol. The van der Waals surface area contributed by atoms with Crippen LogP contribution >= 0.6 is 0 Å². The van der Waals surface area contributed by atoms with Gasteiger partial charge in [0.2, 0.25) is 0 Å². The summed E-state index contributed by atoms with van der Waals surface area (Å²) >= 11 is 0. The SMILES string of the molecule is O=C1OC(c2ccc(F)cc2)c2ccc3ccccc3c21. The third-order valence-electron chi connectivity index (χ3n) is 3.85. The molecule has 0 spiro atoms. The molecular formula is C18H11FO2. The monoisotopic (exact) mass is 278 g/mol. The molecule has 0 saturated heterocycles. The molecule has 21 heavy (non-hydrogen) atoms. The number of fused-ring (bicyclic) bond motifs is 3. The quantitative estimate of drug-likeness (QED) is 0.622. The highest BCUT2D eigenvalue weighted by Gasteiger charge is 2.33. The van der Waals surface area contributed by atoms with Crippen molar-refractivity contribution in [2.75, 3.05) is 0 Å². The molecule has 3 heteroatoms. The standard InChI is InChI=1S/C18H11FO2/c19-13-8-5-12(6-9-13)17-15-10-7-11-3-1-2-4-14(11)16(15)18(20)21-17/h1-10,17H. The summed E-state index contributed by atoms with van der Waals surface area (Å²) in [5.74, 6) is -0.627. The first-order valence-corrected chi connectivity index (χ1v) is 6.72. The maximum Gasteiger partial charge on any atom is 0.340 e. The molecule has 3 aromatic rings. The Morgan fingerprint density at radius 3 is 2.48 bits per heavy atom. The summed E-state index contributed by atoms with van der Waals surface area (Å²) in [5.41, 5.74) is 2.23. The van der Waals surface area contributed by atoms with Gasteiger partial charge < -0.3 is 4.74 Å². The number of carbonyl (C=O) groups is 1. The number of esters is 1. The molecule has 3 aromatic carbocycles. The molecule has 1 atom stereocenters. The molecule has 0 radical (unpaired) electrons. The Morgan fingerprint density at radius 1 is 0.905 bits per heavy atom. The first-order valence-electron chi connectivity index (χ1n) is 6.72. The fraction of sp³-hybridized carbons (Fsp3) is 0.0556. The molecule has 0 aliphatic carbocycles. The van der Waals surface area contributed by atoms with Crippen molar-refractivity contribution in [1.82, 2.24) is 0 Å². The molecular weight excluding hydrogens is 267 g/mol. The van der Waals surface area contributed by atoms with E-state index in [0.29, 0.717) is 5.56 Å². The van der Waals surface area contributed by atoms with E-state index in [-0.39, 0.29) is 11.8 Å². The van der Waals surface area contributed by atoms with E-state index in [1.165, 1.54) is 12.1 Å². The number of cyclic esters (lactones) is 1. The van der Waals surface area contributed by atoms with Crippen molar-refractivity contribution >= 4 is 16.7 Å². The molecule has 0 amide bonds. The van der Waals surface area contributed by atoms with Crippen LogP contribution in [0, 0.1) is 5.82 Å². The zero-order valence-corrected chi connectivity index (χ0v) is 11.0. The van der Waals surface area contributed by atoms with E-state index in [9.17, 15) is 9.18 Å². The van der Waals surface area contributed by atoms with E-state index in [2.05, 4.69) is 0 Å². The summed E-state index contributed by atoms with van der Waals surface area (Å²) in [6.45, 7) is 0. The molecule has 102 valence electrons. The Labute approximate surface area is 120 Å². The highest BCUT2D eigenvalue weighted by atomic mass is 19.1. The maximum atomic E-state index is 13.0. The second-order valence-corrected chi connectivity index (χ2v) is 5.09. The van der Waals surface area contributed by atoms with Gasteiger partial charge in [-0.2, -0.15) is 0 Å². The van der Waals surface area contributed by atoms with Gasteiger partial charge in [-0.1, -0.05) is 48.5 Å². The van der Waals surface area contributed by atoms with Gasteiger partial charge in [-0.3, -0.25) is 0 Å². The van der Waals surface area contributed by atoms with Crippen molar-refractivity contribution in [2.24, 2.45) is 0 Å². The van der Waals surface area contributed by atoms with Crippen LogP contribution < -0.4 is 0 Å². The van der Waals surface area contributed by atoms with Gasteiger partial charge in [0, 0.05) is 5.56 Å². The molecule has 2 nitrogen and oxygen atoms in total. The van der Waals surface area contributed by atoms with E-state index in [4.69, 9.17) is 4.74 Å². The summed E-state index contributed by atoms with van der Waals surface area (Å²) < 4.78 is 18.6. The Hall–Kier alpha value is -2.68. The van der Waals surface area contributed by atoms with Crippen LogP contribution in [0.2, 0.25) is 0 Å². The Kier molecular flexibility index (Phi) is 2.54. The topological polar surface area (TPSA) is 26.3 Å². The van der Waals surface area contributed by atoms with Gasteiger partial charge >= 0.3 is 5.97 Å². The van der Waals surface area contributed by atoms with Crippen LogP contribution in [-0.2, 0) is 4.74 Å². The van der Waals surface area contributed by atoms with Crippen molar-refractivity contribution in [3.05, 3.63) is 83.2 Å². The summed E-state index contributed by atoms with van der Waals surface area (Å²) in [5, 5.41) is 1.90. The maximum absolute atomic E-state index is 13.0. The Balaban J connectivity index is 1.92. The molecule has 1 heterocycles. The zero-order valence-electron chi connectivity index (χ0n) is 11.0. The first kappa shape index (κ1) is 12.1. The van der Waals surface area contributed by atoms with E-state index in [0.717, 1.165) is 21.9 Å². The van der Waals surface area contributed by atoms with Crippen molar-refractivity contribution in [2.45, 2.75) is 6.10 Å².